The third kappa shape index (κ3) is 4.86. The number of nitrogens with one attached hydrogen (secondary N) is 2. The molecule has 2 atom stereocenters. The Morgan fingerprint density at radius 3 is 1.81 bits per heavy atom. The molecule has 6 heteroatoms. The van der Waals surface area contributed by atoms with E-state index in [2.05, 4.69) is 10.6 Å². The van der Waals surface area contributed by atoms with Gasteiger partial charge in [0, 0.05) is 13.1 Å². The first-order valence-electron chi connectivity index (χ1n) is 5.64. The third-order valence-electron chi connectivity index (χ3n) is 3.02. The van der Waals surface area contributed by atoms with Gasteiger partial charge in [-0.2, -0.15) is 0 Å². The van der Waals surface area contributed by atoms with Crippen molar-refractivity contribution in [2.75, 3.05) is 13.1 Å². The molecule has 0 bridgehead atoms. The maximum atomic E-state index is 10.6. The summed E-state index contributed by atoms with van der Waals surface area (Å²) in [6.07, 6.45) is 4.33. The largest absolute Gasteiger partial charge is 0.352 e. The second-order valence-electron chi connectivity index (χ2n) is 4.39. The lowest BCUT2D eigenvalue weighted by Crippen LogP contribution is -2.38. The van der Waals surface area contributed by atoms with Gasteiger partial charge in [0.2, 0.25) is 0 Å². The zero-order valence-corrected chi connectivity index (χ0v) is 9.37. The summed E-state index contributed by atoms with van der Waals surface area (Å²) in [7, 11) is 0. The molecule has 0 spiro atoms. The molecule has 0 aromatic rings. The quantitative estimate of drug-likeness (QED) is 0.548. The number of nitrogens with two attached hydrogens (primary N) is 2. The Labute approximate surface area is 95.1 Å². The number of hydrogen-bond acceptors (Lipinski definition) is 2. The van der Waals surface area contributed by atoms with E-state index in [0.29, 0.717) is 24.9 Å². The maximum Gasteiger partial charge on any atom is 0.312 e. The van der Waals surface area contributed by atoms with E-state index in [1.165, 1.54) is 0 Å². The molecule has 2 unspecified atom stereocenters. The molecule has 6 N–H and O–H groups in total. The Hall–Kier alpha value is -1.46. The van der Waals surface area contributed by atoms with Crippen LogP contribution in [0.4, 0.5) is 9.59 Å². The molecular weight excluding hydrogens is 208 g/mol. The molecule has 0 saturated heterocycles. The van der Waals surface area contributed by atoms with Crippen molar-refractivity contribution in [3.05, 3.63) is 0 Å². The van der Waals surface area contributed by atoms with E-state index < -0.39 is 12.1 Å². The van der Waals surface area contributed by atoms with E-state index in [9.17, 15) is 9.59 Å². The predicted molar refractivity (Wildman–Crippen MR) is 60.6 cm³/mol. The summed E-state index contributed by atoms with van der Waals surface area (Å²) < 4.78 is 0. The van der Waals surface area contributed by atoms with Gasteiger partial charge in [-0.3, -0.25) is 0 Å². The summed E-state index contributed by atoms with van der Waals surface area (Å²) in [6.45, 7) is 1.25. The summed E-state index contributed by atoms with van der Waals surface area (Å²) in [5.74, 6) is 0.918. The average molecular weight is 228 g/mol. The van der Waals surface area contributed by atoms with Crippen molar-refractivity contribution < 1.29 is 9.59 Å². The van der Waals surface area contributed by atoms with Crippen molar-refractivity contribution in [2.24, 2.45) is 23.3 Å². The van der Waals surface area contributed by atoms with Crippen LogP contribution in [0.25, 0.3) is 0 Å². The average Bonchev–Trinajstić information content (AvgIpc) is 2.24. The minimum Gasteiger partial charge on any atom is -0.352 e. The highest BCUT2D eigenvalue weighted by Crippen LogP contribution is 2.28. The highest BCUT2D eigenvalue weighted by molar-refractivity contribution is 5.71. The number of carbonyl (C=O) groups excluding carboxylic acids is 2. The molecule has 4 amide bonds. The van der Waals surface area contributed by atoms with Gasteiger partial charge >= 0.3 is 12.1 Å². The molecule has 0 aromatic carbocycles. The molecule has 1 rings (SSSR count). The fraction of sp³-hybridized carbons (Fsp3) is 0.800. The minimum atomic E-state index is -0.475. The zero-order chi connectivity index (χ0) is 12.0. The highest BCUT2D eigenvalue weighted by Gasteiger charge is 2.22. The Balaban J connectivity index is 2.24. The van der Waals surface area contributed by atoms with Crippen molar-refractivity contribution in [3.8, 4) is 0 Å². The van der Waals surface area contributed by atoms with Gasteiger partial charge in [-0.05, 0) is 31.1 Å². The Morgan fingerprint density at radius 2 is 1.44 bits per heavy atom. The number of rotatable bonds is 4. The van der Waals surface area contributed by atoms with E-state index in [1.807, 2.05) is 0 Å². The van der Waals surface area contributed by atoms with Crippen LogP contribution in [0.3, 0.4) is 0 Å². The predicted octanol–water partition coefficient (Wildman–Crippen LogP) is 0.129. The summed E-state index contributed by atoms with van der Waals surface area (Å²) in [4.78, 5) is 21.2. The number of urea groups is 2. The molecule has 6 nitrogen and oxygen atoms in total. The first-order chi connectivity index (χ1) is 7.58. The molecule has 16 heavy (non-hydrogen) atoms. The second kappa shape index (κ2) is 6.19. The van der Waals surface area contributed by atoms with Gasteiger partial charge in [0.1, 0.15) is 0 Å². The van der Waals surface area contributed by atoms with Crippen molar-refractivity contribution >= 4 is 12.1 Å². The molecule has 92 valence electrons. The lowest BCUT2D eigenvalue weighted by atomic mass is 9.81. The standard InChI is InChI=1S/C10H20N4O2/c11-9(15)13-5-7-2-1-3-8(4-7)6-14-10(12)16/h7-8H,1-6H2,(H3,11,13,15)(H3,12,14,16). The Kier molecular flexibility index (Phi) is 4.88. The second-order valence-corrected chi connectivity index (χ2v) is 4.39. The Bertz CT molecular complexity index is 233. The molecule has 1 saturated carbocycles. The van der Waals surface area contributed by atoms with E-state index in [-0.39, 0.29) is 0 Å². The number of hydrogen-bond donors (Lipinski definition) is 4. The first-order valence-corrected chi connectivity index (χ1v) is 5.64. The highest BCUT2D eigenvalue weighted by atomic mass is 16.2. The van der Waals surface area contributed by atoms with E-state index in [4.69, 9.17) is 11.5 Å². The van der Waals surface area contributed by atoms with Crippen LogP contribution in [0.1, 0.15) is 25.7 Å². The van der Waals surface area contributed by atoms with E-state index in [1.54, 1.807) is 0 Å². The molecule has 0 aliphatic heterocycles. The van der Waals surface area contributed by atoms with Crippen LogP contribution in [0.2, 0.25) is 0 Å². The van der Waals surface area contributed by atoms with Crippen molar-refractivity contribution in [1.29, 1.82) is 0 Å². The van der Waals surface area contributed by atoms with Crippen LogP contribution < -0.4 is 22.1 Å². The fourth-order valence-corrected chi connectivity index (χ4v) is 2.26. The number of amides is 4. The molecular formula is C10H20N4O2. The van der Waals surface area contributed by atoms with Gasteiger partial charge in [-0.1, -0.05) is 6.42 Å². The normalized spacial score (nSPS) is 24.8. The van der Waals surface area contributed by atoms with Gasteiger partial charge in [-0.15, -0.1) is 0 Å². The summed E-state index contributed by atoms with van der Waals surface area (Å²) in [5, 5.41) is 5.25. The minimum absolute atomic E-state index is 0.459. The fourth-order valence-electron chi connectivity index (χ4n) is 2.26. The van der Waals surface area contributed by atoms with Gasteiger partial charge in [0.25, 0.3) is 0 Å². The zero-order valence-electron chi connectivity index (χ0n) is 9.37. The van der Waals surface area contributed by atoms with Crippen LogP contribution in [-0.4, -0.2) is 25.2 Å². The smallest absolute Gasteiger partial charge is 0.312 e. The van der Waals surface area contributed by atoms with Crippen LogP contribution in [0, 0.1) is 11.8 Å². The number of primary amides is 2. The molecule has 1 fully saturated rings. The van der Waals surface area contributed by atoms with Crippen molar-refractivity contribution in [1.82, 2.24) is 10.6 Å². The third-order valence-corrected chi connectivity index (χ3v) is 3.02. The molecule has 0 radical (unpaired) electrons. The van der Waals surface area contributed by atoms with Gasteiger partial charge < -0.3 is 22.1 Å². The van der Waals surface area contributed by atoms with Gasteiger partial charge in [0.05, 0.1) is 0 Å². The SMILES string of the molecule is NC(=O)NCC1CCCC(CNC(N)=O)C1. The van der Waals surface area contributed by atoms with Crippen LogP contribution in [-0.2, 0) is 0 Å². The van der Waals surface area contributed by atoms with Crippen molar-refractivity contribution in [2.45, 2.75) is 25.7 Å². The van der Waals surface area contributed by atoms with Crippen molar-refractivity contribution in [3.63, 3.8) is 0 Å². The van der Waals surface area contributed by atoms with E-state index in [0.717, 1.165) is 25.7 Å². The maximum absolute atomic E-state index is 10.6. The summed E-state index contributed by atoms with van der Waals surface area (Å²) >= 11 is 0. The van der Waals surface area contributed by atoms with Gasteiger partial charge in [0.15, 0.2) is 0 Å². The molecule has 0 aromatic heterocycles. The first kappa shape index (κ1) is 12.6. The van der Waals surface area contributed by atoms with Gasteiger partial charge in [-0.25, -0.2) is 9.59 Å². The molecule has 1 aliphatic rings. The van der Waals surface area contributed by atoms with E-state index >= 15 is 0 Å². The summed E-state index contributed by atoms with van der Waals surface area (Å²) in [5.41, 5.74) is 10.0. The molecule has 0 heterocycles. The van der Waals surface area contributed by atoms with Crippen LogP contribution in [0.5, 0.6) is 0 Å². The topological polar surface area (TPSA) is 110 Å². The lowest BCUT2D eigenvalue weighted by Gasteiger charge is -2.29. The van der Waals surface area contributed by atoms with Crippen LogP contribution in [0.15, 0.2) is 0 Å². The molecule has 1 aliphatic carbocycles. The Morgan fingerprint density at radius 1 is 1.00 bits per heavy atom. The number of carbonyl (C=O) groups is 2. The van der Waals surface area contributed by atoms with Crippen LogP contribution >= 0.6 is 0 Å². The summed E-state index contributed by atoms with van der Waals surface area (Å²) in [6, 6.07) is -0.949. The lowest BCUT2D eigenvalue weighted by molar-refractivity contribution is 0.228. The monoisotopic (exact) mass is 228 g/mol.